The van der Waals surface area contributed by atoms with Crippen LogP contribution in [0.25, 0.3) is 0 Å². The monoisotopic (exact) mass is 256 g/mol. The van der Waals surface area contributed by atoms with Gasteiger partial charge in [0.2, 0.25) is 0 Å². The van der Waals surface area contributed by atoms with Crippen molar-refractivity contribution in [1.29, 1.82) is 0 Å². The Bertz CT molecular complexity index is 384. The van der Waals surface area contributed by atoms with Crippen LogP contribution in [0.2, 0.25) is 0 Å². The van der Waals surface area contributed by atoms with Gasteiger partial charge in [-0.05, 0) is 20.8 Å². The lowest BCUT2D eigenvalue weighted by Crippen LogP contribution is -2.23. The Morgan fingerprint density at radius 3 is 2.72 bits per heavy atom. The molecule has 0 amide bonds. The van der Waals surface area contributed by atoms with Crippen molar-refractivity contribution in [2.24, 2.45) is 5.73 Å². The molecule has 0 fully saturated rings. The second-order valence-corrected chi connectivity index (χ2v) is 4.79. The van der Waals surface area contributed by atoms with Crippen molar-refractivity contribution in [3.8, 4) is 0 Å². The first-order valence-electron chi connectivity index (χ1n) is 5.79. The van der Waals surface area contributed by atoms with Gasteiger partial charge in [0.25, 0.3) is 0 Å². The highest BCUT2D eigenvalue weighted by atomic mass is 16.6. The van der Waals surface area contributed by atoms with Gasteiger partial charge in [0, 0.05) is 6.54 Å². The van der Waals surface area contributed by atoms with Gasteiger partial charge < -0.3 is 15.2 Å². The summed E-state index contributed by atoms with van der Waals surface area (Å²) in [6.45, 7) is 6.77. The van der Waals surface area contributed by atoms with Crippen molar-refractivity contribution in [3.05, 3.63) is 11.9 Å². The molecule has 1 aromatic heterocycles. The molecule has 0 radical (unpaired) electrons. The highest BCUT2D eigenvalue weighted by Gasteiger charge is 2.11. The molecule has 0 saturated heterocycles. The second kappa shape index (κ2) is 6.46. The minimum atomic E-state index is -0.374. The topological polar surface area (TPSA) is 92.3 Å². The van der Waals surface area contributed by atoms with Crippen LogP contribution in [0.1, 0.15) is 26.5 Å². The maximum absolute atomic E-state index is 11.4. The average Bonchev–Trinajstić information content (AvgIpc) is 2.71. The zero-order valence-corrected chi connectivity index (χ0v) is 11.0. The number of rotatable bonds is 6. The smallest absolute Gasteiger partial charge is 0.327 e. The van der Waals surface area contributed by atoms with E-state index in [0.717, 1.165) is 0 Å². The van der Waals surface area contributed by atoms with Crippen molar-refractivity contribution in [3.63, 3.8) is 0 Å². The summed E-state index contributed by atoms with van der Waals surface area (Å²) in [4.78, 5) is 11.4. The van der Waals surface area contributed by atoms with Gasteiger partial charge in [-0.25, -0.2) is 4.68 Å². The number of nitrogens with zero attached hydrogens (tertiary/aromatic N) is 3. The largest absolute Gasteiger partial charge is 0.462 e. The fraction of sp³-hybridized carbons (Fsp3) is 0.727. The van der Waals surface area contributed by atoms with Crippen LogP contribution in [0.5, 0.6) is 0 Å². The van der Waals surface area contributed by atoms with Crippen LogP contribution in [0.15, 0.2) is 6.20 Å². The Balaban J connectivity index is 2.21. The summed E-state index contributed by atoms with van der Waals surface area (Å²) in [6.07, 6.45) is 1.62. The van der Waals surface area contributed by atoms with E-state index in [9.17, 15) is 4.79 Å². The quantitative estimate of drug-likeness (QED) is 0.573. The summed E-state index contributed by atoms with van der Waals surface area (Å²) in [5.41, 5.74) is 5.79. The summed E-state index contributed by atoms with van der Waals surface area (Å²) in [5.74, 6) is -0.374. The second-order valence-electron chi connectivity index (χ2n) is 4.79. The molecule has 0 unspecified atom stereocenters. The van der Waals surface area contributed by atoms with Crippen LogP contribution in [0.4, 0.5) is 0 Å². The third-order valence-corrected chi connectivity index (χ3v) is 1.97. The highest BCUT2D eigenvalue weighted by Crippen LogP contribution is 2.05. The normalized spacial score (nSPS) is 11.6. The number of esters is 1. The van der Waals surface area contributed by atoms with E-state index in [1.807, 2.05) is 20.8 Å². The molecule has 0 spiro atoms. The van der Waals surface area contributed by atoms with Crippen LogP contribution in [-0.4, -0.2) is 39.8 Å². The maximum Gasteiger partial charge on any atom is 0.327 e. The molecule has 18 heavy (non-hydrogen) atoms. The first-order valence-corrected chi connectivity index (χ1v) is 5.79. The molecule has 102 valence electrons. The Kier molecular flexibility index (Phi) is 5.24. The van der Waals surface area contributed by atoms with Gasteiger partial charge in [0.1, 0.15) is 13.2 Å². The van der Waals surface area contributed by atoms with Crippen LogP contribution < -0.4 is 5.73 Å². The van der Waals surface area contributed by atoms with Gasteiger partial charge in [0.05, 0.1) is 24.1 Å². The molecule has 1 aromatic rings. The molecule has 7 heteroatoms. The number of hydrogen-bond acceptors (Lipinski definition) is 6. The summed E-state index contributed by atoms with van der Waals surface area (Å²) >= 11 is 0. The molecule has 0 aliphatic rings. The molecular weight excluding hydrogens is 236 g/mol. The Morgan fingerprint density at radius 1 is 1.44 bits per heavy atom. The zero-order chi connectivity index (χ0) is 13.6. The maximum atomic E-state index is 11.4. The lowest BCUT2D eigenvalue weighted by molar-refractivity contribution is -0.147. The Morgan fingerprint density at radius 2 is 2.17 bits per heavy atom. The van der Waals surface area contributed by atoms with Crippen molar-refractivity contribution in [1.82, 2.24) is 15.0 Å². The predicted molar refractivity (Wildman–Crippen MR) is 64.6 cm³/mol. The van der Waals surface area contributed by atoms with E-state index in [0.29, 0.717) is 18.8 Å². The zero-order valence-electron chi connectivity index (χ0n) is 11.0. The van der Waals surface area contributed by atoms with Crippen molar-refractivity contribution in [2.75, 3.05) is 13.2 Å². The van der Waals surface area contributed by atoms with E-state index in [-0.39, 0.29) is 24.7 Å². The standard InChI is InChI=1S/C11H20N4O3/c1-11(2,3)18-5-4-17-10(16)8-15-7-9(6-12)13-14-15/h7H,4-6,8,12H2,1-3H3. The third-order valence-electron chi connectivity index (χ3n) is 1.97. The van der Waals surface area contributed by atoms with Gasteiger partial charge in [-0.15, -0.1) is 5.10 Å². The number of hydrogen-bond donors (Lipinski definition) is 1. The number of carbonyl (C=O) groups excluding carboxylic acids is 1. The van der Waals surface area contributed by atoms with E-state index < -0.39 is 0 Å². The molecule has 7 nitrogen and oxygen atoms in total. The van der Waals surface area contributed by atoms with Gasteiger partial charge in [-0.3, -0.25) is 4.79 Å². The van der Waals surface area contributed by atoms with E-state index >= 15 is 0 Å². The van der Waals surface area contributed by atoms with E-state index in [2.05, 4.69) is 10.3 Å². The average molecular weight is 256 g/mol. The van der Waals surface area contributed by atoms with Crippen LogP contribution >= 0.6 is 0 Å². The van der Waals surface area contributed by atoms with Gasteiger partial charge >= 0.3 is 5.97 Å². The molecule has 0 aromatic carbocycles. The van der Waals surface area contributed by atoms with E-state index in [4.69, 9.17) is 15.2 Å². The third kappa shape index (κ3) is 5.74. The Hall–Kier alpha value is -1.47. The Labute approximate surface area is 106 Å². The van der Waals surface area contributed by atoms with Crippen molar-refractivity contribution in [2.45, 2.75) is 39.5 Å². The van der Waals surface area contributed by atoms with Crippen molar-refractivity contribution < 1.29 is 14.3 Å². The predicted octanol–water partition coefficient (Wildman–Crippen LogP) is 0.0951. The number of aromatic nitrogens is 3. The molecule has 0 bridgehead atoms. The van der Waals surface area contributed by atoms with Crippen molar-refractivity contribution >= 4 is 5.97 Å². The minimum Gasteiger partial charge on any atom is -0.462 e. The fourth-order valence-corrected chi connectivity index (χ4v) is 1.19. The molecule has 2 N–H and O–H groups in total. The lowest BCUT2D eigenvalue weighted by Gasteiger charge is -2.19. The van der Waals surface area contributed by atoms with E-state index in [1.165, 1.54) is 4.68 Å². The van der Waals surface area contributed by atoms with Gasteiger partial charge in [0.15, 0.2) is 0 Å². The summed E-state index contributed by atoms with van der Waals surface area (Å²) in [5, 5.41) is 7.52. The van der Waals surface area contributed by atoms with Crippen LogP contribution in [0.3, 0.4) is 0 Å². The summed E-state index contributed by atoms with van der Waals surface area (Å²) in [6, 6.07) is 0. The molecular formula is C11H20N4O3. The van der Waals surface area contributed by atoms with E-state index in [1.54, 1.807) is 6.20 Å². The number of ether oxygens (including phenoxy) is 2. The van der Waals surface area contributed by atoms with Gasteiger partial charge in [-0.1, -0.05) is 5.21 Å². The molecule has 0 aliphatic carbocycles. The number of nitrogens with two attached hydrogens (primary N) is 1. The lowest BCUT2D eigenvalue weighted by atomic mass is 10.2. The fourth-order valence-electron chi connectivity index (χ4n) is 1.19. The van der Waals surface area contributed by atoms with Gasteiger partial charge in [-0.2, -0.15) is 0 Å². The van der Waals surface area contributed by atoms with Crippen LogP contribution in [-0.2, 0) is 27.4 Å². The molecule has 0 aliphatic heterocycles. The molecule has 1 rings (SSSR count). The number of carbonyl (C=O) groups is 1. The van der Waals surface area contributed by atoms with Crippen LogP contribution in [0, 0.1) is 0 Å². The highest BCUT2D eigenvalue weighted by molar-refractivity contribution is 5.68. The molecule has 1 heterocycles. The minimum absolute atomic E-state index is 0.0303. The first kappa shape index (κ1) is 14.6. The first-order chi connectivity index (χ1) is 8.40. The molecule has 0 atom stereocenters. The molecule has 0 saturated carbocycles. The summed E-state index contributed by atoms with van der Waals surface area (Å²) in [7, 11) is 0. The summed E-state index contributed by atoms with van der Waals surface area (Å²) < 4.78 is 11.8. The SMILES string of the molecule is CC(C)(C)OCCOC(=O)Cn1cc(CN)nn1.